The predicted octanol–water partition coefficient (Wildman–Crippen LogP) is 2.14. The number of benzene rings is 4. The first-order chi connectivity index (χ1) is 21.4. The van der Waals surface area contributed by atoms with E-state index in [-0.39, 0.29) is 30.1 Å². The number of ether oxygens (including phenoxy) is 1. The van der Waals surface area contributed by atoms with Gasteiger partial charge >= 0.3 is 0 Å². The minimum absolute atomic E-state index is 0.00203. The lowest BCUT2D eigenvalue weighted by Crippen LogP contribution is -2.44. The van der Waals surface area contributed by atoms with Crippen LogP contribution in [0.25, 0.3) is 43.5 Å². The molecule has 1 saturated heterocycles. The van der Waals surface area contributed by atoms with Crippen LogP contribution in [-0.2, 0) is 4.74 Å². The van der Waals surface area contributed by atoms with E-state index in [9.17, 15) is 30.3 Å². The molecule has 12 heteroatoms. The standard InChI is InChI=1S/C32H29N5O7/c38-12-21-20(39)11-22(44-21)37-13-33-26-30(37)35-32(36-31(26)43)34-25-24-19(27(40)29(42)28(25)41)10-9-18-16-7-2-1-5-14(16)15-6-3-4-8-17(15)23(18)24/h1-10,13,20-22,25,27-29,38-42H,11-12H2,(H2,34,35,36,43)/t20-,21+,22+,25+,27+,28+,29-/m0/s1. The quantitative estimate of drug-likeness (QED) is 0.149. The maximum atomic E-state index is 13.1. The van der Waals surface area contributed by atoms with Crippen molar-refractivity contribution in [1.82, 2.24) is 19.5 Å². The Labute approximate surface area is 248 Å². The minimum atomic E-state index is -1.52. The molecule has 6 aromatic rings. The number of H-pyrrole nitrogens is 1. The molecule has 2 aromatic heterocycles. The third kappa shape index (κ3) is 3.90. The largest absolute Gasteiger partial charge is 0.394 e. The third-order valence-corrected chi connectivity index (χ3v) is 9.05. The van der Waals surface area contributed by atoms with Crippen LogP contribution in [0.3, 0.4) is 0 Å². The molecule has 4 aromatic carbocycles. The fourth-order valence-electron chi connectivity index (χ4n) is 6.93. The topological polar surface area (TPSA) is 186 Å². The highest BCUT2D eigenvalue weighted by Crippen LogP contribution is 2.46. The van der Waals surface area contributed by atoms with Gasteiger partial charge in [-0.25, -0.2) is 4.98 Å². The summed E-state index contributed by atoms with van der Waals surface area (Å²) in [6.45, 7) is -0.365. The van der Waals surface area contributed by atoms with E-state index in [0.29, 0.717) is 11.1 Å². The second-order valence-corrected chi connectivity index (χ2v) is 11.5. The number of hydrogen-bond acceptors (Lipinski definition) is 10. The van der Waals surface area contributed by atoms with Crippen LogP contribution in [0.15, 0.2) is 71.8 Å². The number of aromatic nitrogens is 4. The van der Waals surface area contributed by atoms with Gasteiger partial charge in [-0.3, -0.25) is 14.3 Å². The molecule has 0 bridgehead atoms. The highest BCUT2D eigenvalue weighted by Gasteiger charge is 2.42. The molecule has 7 atom stereocenters. The van der Waals surface area contributed by atoms with E-state index in [1.807, 2.05) is 48.5 Å². The van der Waals surface area contributed by atoms with Crippen LogP contribution in [0.1, 0.15) is 35.9 Å². The molecule has 3 heterocycles. The third-order valence-electron chi connectivity index (χ3n) is 9.05. The number of aromatic amines is 1. The first kappa shape index (κ1) is 27.1. The van der Waals surface area contributed by atoms with Crippen LogP contribution in [0.5, 0.6) is 0 Å². The Kier molecular flexibility index (Phi) is 6.20. The van der Waals surface area contributed by atoms with Gasteiger partial charge in [-0.2, -0.15) is 4.98 Å². The average Bonchev–Trinajstić information content (AvgIpc) is 3.64. The summed E-state index contributed by atoms with van der Waals surface area (Å²) in [5, 5.41) is 62.1. The van der Waals surface area contributed by atoms with E-state index >= 15 is 0 Å². The van der Waals surface area contributed by atoms with Gasteiger partial charge in [-0.1, -0.05) is 60.7 Å². The van der Waals surface area contributed by atoms with Gasteiger partial charge in [-0.15, -0.1) is 0 Å². The normalized spacial score (nSPS) is 27.0. The Balaban J connectivity index is 1.32. The van der Waals surface area contributed by atoms with Gasteiger partial charge in [0, 0.05) is 6.42 Å². The predicted molar refractivity (Wildman–Crippen MR) is 162 cm³/mol. The second-order valence-electron chi connectivity index (χ2n) is 11.5. The molecule has 224 valence electrons. The van der Waals surface area contributed by atoms with Gasteiger partial charge in [0.2, 0.25) is 5.95 Å². The van der Waals surface area contributed by atoms with Crippen molar-refractivity contribution in [3.05, 3.63) is 88.5 Å². The zero-order valence-electron chi connectivity index (χ0n) is 23.2. The number of nitrogens with one attached hydrogen (secondary N) is 2. The van der Waals surface area contributed by atoms with Gasteiger partial charge in [0.1, 0.15) is 30.6 Å². The molecular formula is C32H29N5O7. The smallest absolute Gasteiger partial charge is 0.280 e. The fourth-order valence-corrected chi connectivity index (χ4v) is 6.93. The lowest BCUT2D eigenvalue weighted by atomic mass is 9.77. The average molecular weight is 596 g/mol. The van der Waals surface area contributed by atoms with Crippen LogP contribution in [0.4, 0.5) is 5.95 Å². The SMILES string of the molecule is O=c1[nH]c(N[C@@H]2c3c(ccc4c5ccccc5c5ccccc5c34)[C@@H](O)[C@H](O)[C@@H]2O)nc2c1ncn2[C@H]1C[C@H](O)[C@@H](CO)O1. The first-order valence-corrected chi connectivity index (χ1v) is 14.4. The van der Waals surface area contributed by atoms with Crippen molar-refractivity contribution in [1.29, 1.82) is 0 Å². The summed E-state index contributed by atoms with van der Waals surface area (Å²) in [6.07, 6.45) is -5.18. The van der Waals surface area contributed by atoms with Gasteiger partial charge in [0.15, 0.2) is 11.2 Å². The summed E-state index contributed by atoms with van der Waals surface area (Å²) < 4.78 is 7.29. The van der Waals surface area contributed by atoms with Crippen molar-refractivity contribution in [2.45, 2.75) is 49.2 Å². The number of fused-ring (bicyclic) bond motifs is 9. The van der Waals surface area contributed by atoms with Crippen molar-refractivity contribution in [3.63, 3.8) is 0 Å². The number of aliphatic hydroxyl groups is 5. The van der Waals surface area contributed by atoms with E-state index in [4.69, 9.17) is 4.74 Å². The number of imidazole rings is 1. The van der Waals surface area contributed by atoms with E-state index < -0.39 is 48.3 Å². The van der Waals surface area contributed by atoms with Crippen molar-refractivity contribution < 1.29 is 30.3 Å². The monoisotopic (exact) mass is 595 g/mol. The van der Waals surface area contributed by atoms with Crippen molar-refractivity contribution >= 4 is 49.4 Å². The summed E-state index contributed by atoms with van der Waals surface area (Å²) in [4.78, 5) is 24.6. The van der Waals surface area contributed by atoms with Crippen LogP contribution < -0.4 is 10.9 Å². The molecule has 8 rings (SSSR count). The maximum Gasteiger partial charge on any atom is 0.280 e. The Bertz CT molecular complexity index is 2110. The van der Waals surface area contributed by atoms with Gasteiger partial charge in [0.25, 0.3) is 5.56 Å². The Morgan fingerprint density at radius 3 is 2.25 bits per heavy atom. The van der Waals surface area contributed by atoms with E-state index in [1.165, 1.54) is 10.9 Å². The molecular weight excluding hydrogens is 566 g/mol. The molecule has 1 fully saturated rings. The zero-order valence-corrected chi connectivity index (χ0v) is 23.2. The van der Waals surface area contributed by atoms with Crippen LogP contribution in [0.2, 0.25) is 0 Å². The molecule has 1 aliphatic heterocycles. The van der Waals surface area contributed by atoms with Crippen LogP contribution in [-0.4, -0.2) is 76.1 Å². The number of anilines is 1. The Morgan fingerprint density at radius 1 is 0.909 bits per heavy atom. The van der Waals surface area contributed by atoms with Gasteiger partial charge in [-0.05, 0) is 43.4 Å². The van der Waals surface area contributed by atoms with Crippen molar-refractivity contribution in [3.8, 4) is 0 Å². The summed E-state index contributed by atoms with van der Waals surface area (Å²) in [6, 6.07) is 18.6. The van der Waals surface area contributed by atoms with Gasteiger partial charge < -0.3 is 35.6 Å². The molecule has 44 heavy (non-hydrogen) atoms. The highest BCUT2D eigenvalue weighted by molar-refractivity contribution is 6.26. The molecule has 7 N–H and O–H groups in total. The summed E-state index contributed by atoms with van der Waals surface area (Å²) in [5.41, 5.74) is 0.703. The van der Waals surface area contributed by atoms with Crippen LogP contribution in [0, 0.1) is 0 Å². The van der Waals surface area contributed by atoms with Crippen molar-refractivity contribution in [2.75, 3.05) is 11.9 Å². The molecule has 0 radical (unpaired) electrons. The number of nitrogens with zero attached hydrogens (tertiary/aromatic N) is 3. The van der Waals surface area contributed by atoms with E-state index in [2.05, 4.69) is 26.3 Å². The summed E-state index contributed by atoms with van der Waals surface area (Å²) in [7, 11) is 0. The molecule has 12 nitrogen and oxygen atoms in total. The summed E-state index contributed by atoms with van der Waals surface area (Å²) >= 11 is 0. The Morgan fingerprint density at radius 2 is 1.57 bits per heavy atom. The minimum Gasteiger partial charge on any atom is -0.394 e. The maximum absolute atomic E-state index is 13.1. The number of rotatable bonds is 4. The first-order valence-electron chi connectivity index (χ1n) is 14.4. The van der Waals surface area contributed by atoms with Gasteiger partial charge in [0.05, 0.1) is 25.1 Å². The van der Waals surface area contributed by atoms with Crippen molar-refractivity contribution in [2.24, 2.45) is 0 Å². The molecule has 2 aliphatic rings. The fraction of sp³-hybridized carbons (Fsp3) is 0.281. The lowest BCUT2D eigenvalue weighted by molar-refractivity contribution is -0.0767. The highest BCUT2D eigenvalue weighted by atomic mass is 16.5. The molecule has 0 unspecified atom stereocenters. The molecule has 0 saturated carbocycles. The van der Waals surface area contributed by atoms with E-state index in [1.54, 1.807) is 6.07 Å². The second kappa shape index (κ2) is 10.1. The lowest BCUT2D eigenvalue weighted by Gasteiger charge is -2.38. The summed E-state index contributed by atoms with van der Waals surface area (Å²) in [5.74, 6) is 0.00203. The van der Waals surface area contributed by atoms with E-state index in [0.717, 1.165) is 32.3 Å². The Hall–Kier alpha value is -4.43. The molecule has 0 amide bonds. The molecule has 1 aliphatic carbocycles. The van der Waals surface area contributed by atoms with Crippen LogP contribution >= 0.6 is 0 Å². The number of aliphatic hydroxyl groups excluding tert-OH is 5. The molecule has 0 spiro atoms. The number of hydrogen-bond donors (Lipinski definition) is 7. The zero-order chi connectivity index (χ0) is 30.3.